The molecule has 1 aliphatic heterocycles. The molecule has 110 valence electrons. The minimum absolute atomic E-state index is 0.103. The molecule has 7 heteroatoms. The number of hydrogen-bond donors (Lipinski definition) is 0. The summed E-state index contributed by atoms with van der Waals surface area (Å²) >= 11 is 0. The van der Waals surface area contributed by atoms with E-state index in [0.717, 1.165) is 0 Å². The zero-order chi connectivity index (χ0) is 14.8. The quantitative estimate of drug-likeness (QED) is 0.586. The maximum absolute atomic E-state index is 14.2. The first-order chi connectivity index (χ1) is 8.55. The molecule has 0 aliphatic carbocycles. The van der Waals surface area contributed by atoms with Crippen LogP contribution in [0.2, 0.25) is 18.1 Å². The summed E-state index contributed by atoms with van der Waals surface area (Å²) in [4.78, 5) is 10.6. The maximum Gasteiger partial charge on any atom is 0.510 e. The molecule has 0 saturated carbocycles. The van der Waals surface area contributed by atoms with Crippen LogP contribution in [0.5, 0.6) is 0 Å². The average molecular weight is 294 g/mol. The molecule has 0 aromatic heterocycles. The third-order valence-electron chi connectivity index (χ3n) is 3.62. The van der Waals surface area contributed by atoms with Crippen molar-refractivity contribution >= 4 is 14.2 Å². The topological polar surface area (TPSA) is 44.8 Å². The molecular weight excluding hydrogens is 274 g/mol. The standard InChI is InChI=1S/C12H20F2O4Si/c1-12(2,3)19(4,5)10(14)8(13)6-16-9-7-17-11(15)18-9/h9H,6-7H2,1-5H3. The van der Waals surface area contributed by atoms with E-state index in [0.29, 0.717) is 0 Å². The highest BCUT2D eigenvalue weighted by Crippen LogP contribution is 2.42. The predicted molar refractivity (Wildman–Crippen MR) is 68.6 cm³/mol. The highest BCUT2D eigenvalue weighted by atomic mass is 28.3. The van der Waals surface area contributed by atoms with Gasteiger partial charge >= 0.3 is 6.16 Å². The molecule has 0 aromatic rings. The number of cyclic esters (lactones) is 2. The predicted octanol–water partition coefficient (Wildman–Crippen LogP) is 3.69. The van der Waals surface area contributed by atoms with Crippen LogP contribution < -0.4 is 0 Å². The van der Waals surface area contributed by atoms with Crippen molar-refractivity contribution in [3.63, 3.8) is 0 Å². The Morgan fingerprint density at radius 3 is 2.42 bits per heavy atom. The number of carbonyl (C=O) groups excluding carboxylic acids is 1. The summed E-state index contributed by atoms with van der Waals surface area (Å²) < 4.78 is 42.0. The molecule has 0 N–H and O–H groups in total. The summed E-state index contributed by atoms with van der Waals surface area (Å²) in [6.45, 7) is 8.54. The molecule has 1 rings (SSSR count). The van der Waals surface area contributed by atoms with Gasteiger partial charge < -0.3 is 14.2 Å². The summed E-state index contributed by atoms with van der Waals surface area (Å²) in [7, 11) is -2.54. The highest BCUT2D eigenvalue weighted by molar-refractivity contribution is 6.86. The molecule has 0 bridgehead atoms. The molecule has 1 fully saturated rings. The van der Waals surface area contributed by atoms with Crippen molar-refractivity contribution in [1.82, 2.24) is 0 Å². The van der Waals surface area contributed by atoms with E-state index in [2.05, 4.69) is 9.47 Å². The molecule has 0 amide bonds. The number of rotatable bonds is 4. The van der Waals surface area contributed by atoms with Crippen LogP contribution in [-0.2, 0) is 14.2 Å². The van der Waals surface area contributed by atoms with Gasteiger partial charge in [-0.1, -0.05) is 33.9 Å². The number of halogens is 2. The maximum atomic E-state index is 14.2. The second kappa shape index (κ2) is 5.58. The van der Waals surface area contributed by atoms with Crippen LogP contribution in [0.25, 0.3) is 0 Å². The third-order valence-corrected chi connectivity index (χ3v) is 8.74. The van der Waals surface area contributed by atoms with Gasteiger partial charge in [0.15, 0.2) is 12.4 Å². The fourth-order valence-electron chi connectivity index (χ4n) is 1.29. The Kier molecular flexibility index (Phi) is 4.73. The van der Waals surface area contributed by atoms with Crippen LogP contribution >= 0.6 is 0 Å². The molecule has 1 atom stereocenters. The van der Waals surface area contributed by atoms with Gasteiger partial charge in [0, 0.05) is 0 Å². The average Bonchev–Trinajstić information content (AvgIpc) is 2.69. The van der Waals surface area contributed by atoms with E-state index in [4.69, 9.17) is 4.74 Å². The molecule has 1 heterocycles. The van der Waals surface area contributed by atoms with E-state index in [9.17, 15) is 13.6 Å². The third kappa shape index (κ3) is 3.76. The van der Waals surface area contributed by atoms with Crippen LogP contribution in [0.3, 0.4) is 0 Å². The van der Waals surface area contributed by atoms with Crippen molar-refractivity contribution in [3.8, 4) is 0 Å². The Bertz CT molecular complexity index is 388. The molecule has 0 spiro atoms. The summed E-state index contributed by atoms with van der Waals surface area (Å²) in [5.41, 5.74) is -0.717. The van der Waals surface area contributed by atoms with Gasteiger partial charge in [-0.2, -0.15) is 0 Å². The van der Waals surface area contributed by atoms with E-state index in [1.54, 1.807) is 13.1 Å². The van der Waals surface area contributed by atoms with Crippen LogP contribution in [0.15, 0.2) is 11.3 Å². The Morgan fingerprint density at radius 2 is 2.00 bits per heavy atom. The lowest BCUT2D eigenvalue weighted by Gasteiger charge is -2.35. The molecule has 1 unspecified atom stereocenters. The minimum Gasteiger partial charge on any atom is -0.428 e. The van der Waals surface area contributed by atoms with E-state index in [1.807, 2.05) is 20.8 Å². The lowest BCUT2D eigenvalue weighted by molar-refractivity contribution is -0.0726. The van der Waals surface area contributed by atoms with E-state index in [1.165, 1.54) is 0 Å². The molecule has 1 aliphatic rings. The van der Waals surface area contributed by atoms with Crippen LogP contribution in [0.1, 0.15) is 20.8 Å². The second-order valence-corrected chi connectivity index (χ2v) is 11.2. The van der Waals surface area contributed by atoms with Gasteiger partial charge in [-0.15, -0.1) is 0 Å². The molecule has 0 radical (unpaired) electrons. The molecule has 19 heavy (non-hydrogen) atoms. The zero-order valence-electron chi connectivity index (χ0n) is 11.9. The Balaban J connectivity index is 2.66. The monoisotopic (exact) mass is 294 g/mol. The molecule has 0 aromatic carbocycles. The SMILES string of the molecule is CC(C)(C)[Si](C)(C)C(F)=C(F)COC1COC(=O)O1. The number of carbonyl (C=O) groups is 1. The van der Waals surface area contributed by atoms with Gasteiger partial charge in [-0.25, -0.2) is 13.6 Å². The largest absolute Gasteiger partial charge is 0.510 e. The fourth-order valence-corrected chi connectivity index (χ4v) is 2.70. The number of ether oxygens (including phenoxy) is 3. The number of hydrogen-bond acceptors (Lipinski definition) is 4. The van der Waals surface area contributed by atoms with Crippen LogP contribution in [0.4, 0.5) is 13.6 Å². The molecule has 4 nitrogen and oxygen atoms in total. The Morgan fingerprint density at radius 1 is 1.42 bits per heavy atom. The normalized spacial score (nSPS) is 21.8. The van der Waals surface area contributed by atoms with Gasteiger partial charge in [-0.3, -0.25) is 0 Å². The summed E-state index contributed by atoms with van der Waals surface area (Å²) in [5, 5.41) is -0.308. The van der Waals surface area contributed by atoms with Crippen molar-refractivity contribution in [1.29, 1.82) is 0 Å². The van der Waals surface area contributed by atoms with Crippen LogP contribution in [0, 0.1) is 0 Å². The summed E-state index contributed by atoms with van der Waals surface area (Å²) in [6, 6.07) is 0. The molecule has 1 saturated heterocycles. The van der Waals surface area contributed by atoms with Crippen molar-refractivity contribution in [2.75, 3.05) is 13.2 Å². The van der Waals surface area contributed by atoms with E-state index >= 15 is 0 Å². The van der Waals surface area contributed by atoms with Crippen molar-refractivity contribution in [2.24, 2.45) is 0 Å². The van der Waals surface area contributed by atoms with Gasteiger partial charge in [0.05, 0.1) is 0 Å². The fraction of sp³-hybridized carbons (Fsp3) is 0.750. The Labute approximate surface area is 112 Å². The summed E-state index contributed by atoms with van der Waals surface area (Å²) in [5.74, 6) is -0.936. The highest BCUT2D eigenvalue weighted by Gasteiger charge is 2.41. The lowest BCUT2D eigenvalue weighted by Crippen LogP contribution is -2.39. The zero-order valence-corrected chi connectivity index (χ0v) is 12.9. The van der Waals surface area contributed by atoms with Crippen molar-refractivity contribution in [2.45, 2.75) is 45.2 Å². The van der Waals surface area contributed by atoms with Crippen molar-refractivity contribution < 1.29 is 27.8 Å². The molecular formula is C12H20F2O4Si. The van der Waals surface area contributed by atoms with E-state index < -0.39 is 38.4 Å². The van der Waals surface area contributed by atoms with Gasteiger partial charge in [0.1, 0.15) is 20.1 Å². The first-order valence-corrected chi connectivity index (χ1v) is 9.05. The lowest BCUT2D eigenvalue weighted by atomic mass is 10.2. The van der Waals surface area contributed by atoms with E-state index in [-0.39, 0.29) is 11.6 Å². The second-order valence-electron chi connectivity index (χ2n) is 6.01. The van der Waals surface area contributed by atoms with Gasteiger partial charge in [-0.05, 0) is 5.04 Å². The van der Waals surface area contributed by atoms with Crippen LogP contribution in [-0.4, -0.2) is 33.7 Å². The Hall–Kier alpha value is -0.953. The smallest absolute Gasteiger partial charge is 0.428 e. The first-order valence-electron chi connectivity index (χ1n) is 6.05. The first kappa shape index (κ1) is 16.1. The summed E-state index contributed by atoms with van der Waals surface area (Å²) in [6.07, 6.45) is -1.83. The minimum atomic E-state index is -2.54. The van der Waals surface area contributed by atoms with Gasteiger partial charge in [0.25, 0.3) is 0 Å². The van der Waals surface area contributed by atoms with Gasteiger partial charge in [0.2, 0.25) is 6.29 Å². The van der Waals surface area contributed by atoms with Crippen molar-refractivity contribution in [3.05, 3.63) is 11.3 Å².